The summed E-state index contributed by atoms with van der Waals surface area (Å²) < 4.78 is 5.61. The number of rotatable bonds is 7. The van der Waals surface area contributed by atoms with Crippen LogP contribution in [-0.2, 0) is 6.42 Å². The number of nitrogens with zero attached hydrogens (tertiary/aromatic N) is 2. The Morgan fingerprint density at radius 2 is 1.87 bits per heavy atom. The van der Waals surface area contributed by atoms with Crippen LogP contribution in [0.25, 0.3) is 0 Å². The Balaban J connectivity index is 2.16. The fraction of sp³-hybridized carbons (Fsp3) is 0.294. The van der Waals surface area contributed by atoms with Crippen molar-refractivity contribution in [3.63, 3.8) is 0 Å². The largest absolute Gasteiger partial charge is 0.450 e. The molecule has 0 spiro atoms. The number of nitro groups is 1. The average molecular weight is 335 g/mol. The van der Waals surface area contributed by atoms with E-state index in [2.05, 4.69) is 4.90 Å². The number of nitro benzene ring substituents is 1. The van der Waals surface area contributed by atoms with Crippen LogP contribution in [0.1, 0.15) is 12.0 Å². The predicted molar refractivity (Wildman–Crippen MR) is 91.5 cm³/mol. The monoisotopic (exact) mass is 334 g/mol. The molecule has 0 radical (unpaired) electrons. The molecular formula is C17H19ClN2O3. The van der Waals surface area contributed by atoms with Crippen molar-refractivity contribution in [2.45, 2.75) is 12.8 Å². The fourth-order valence-electron chi connectivity index (χ4n) is 2.18. The van der Waals surface area contributed by atoms with Gasteiger partial charge in [0.05, 0.1) is 4.92 Å². The van der Waals surface area contributed by atoms with Crippen molar-refractivity contribution in [3.05, 3.63) is 63.2 Å². The highest BCUT2D eigenvalue weighted by atomic mass is 35.5. The fourth-order valence-corrected chi connectivity index (χ4v) is 2.30. The molecule has 5 nitrogen and oxygen atoms in total. The molecule has 0 atom stereocenters. The van der Waals surface area contributed by atoms with Crippen LogP contribution in [0.5, 0.6) is 11.5 Å². The molecule has 0 aliphatic rings. The van der Waals surface area contributed by atoms with Crippen molar-refractivity contribution in [3.8, 4) is 11.5 Å². The lowest BCUT2D eigenvalue weighted by molar-refractivity contribution is -0.385. The lowest BCUT2D eigenvalue weighted by Gasteiger charge is -2.10. The first kappa shape index (κ1) is 17.2. The van der Waals surface area contributed by atoms with E-state index >= 15 is 0 Å². The molecule has 0 amide bonds. The van der Waals surface area contributed by atoms with Gasteiger partial charge in [-0.3, -0.25) is 10.1 Å². The van der Waals surface area contributed by atoms with Gasteiger partial charge in [-0.1, -0.05) is 17.7 Å². The molecule has 0 unspecified atom stereocenters. The van der Waals surface area contributed by atoms with Crippen LogP contribution >= 0.6 is 11.6 Å². The zero-order valence-corrected chi connectivity index (χ0v) is 13.9. The van der Waals surface area contributed by atoms with Gasteiger partial charge in [-0.05, 0) is 69.4 Å². The van der Waals surface area contributed by atoms with Gasteiger partial charge in [-0.2, -0.15) is 0 Å². The second-order valence-corrected chi connectivity index (χ2v) is 5.96. The molecule has 0 heterocycles. The molecule has 0 fully saturated rings. The van der Waals surface area contributed by atoms with Crippen LogP contribution in [-0.4, -0.2) is 30.5 Å². The molecule has 0 aromatic heterocycles. The third-order valence-electron chi connectivity index (χ3n) is 3.33. The standard InChI is InChI=1S/C17H19ClN2O3/c1-19(2)11-3-4-13-5-10-17(16(12-13)20(21)22)23-15-8-6-14(18)7-9-15/h5-10,12H,3-4,11H2,1-2H3. The Hall–Kier alpha value is -2.11. The zero-order valence-electron chi connectivity index (χ0n) is 13.2. The van der Waals surface area contributed by atoms with Gasteiger partial charge in [0.15, 0.2) is 0 Å². The number of benzene rings is 2. The molecule has 2 aromatic rings. The maximum atomic E-state index is 11.3. The normalized spacial score (nSPS) is 10.8. The van der Waals surface area contributed by atoms with Crippen molar-refractivity contribution in [2.24, 2.45) is 0 Å². The zero-order chi connectivity index (χ0) is 16.8. The first-order chi connectivity index (χ1) is 11.0. The lowest BCUT2D eigenvalue weighted by Crippen LogP contribution is -2.13. The topological polar surface area (TPSA) is 55.6 Å². The summed E-state index contributed by atoms with van der Waals surface area (Å²) in [5, 5.41) is 11.9. The van der Waals surface area contributed by atoms with Gasteiger partial charge in [0.1, 0.15) is 5.75 Å². The Morgan fingerprint density at radius 1 is 1.17 bits per heavy atom. The Labute approximate surface area is 140 Å². The highest BCUT2D eigenvalue weighted by Crippen LogP contribution is 2.32. The molecule has 6 heteroatoms. The molecule has 2 rings (SSSR count). The summed E-state index contributed by atoms with van der Waals surface area (Å²) in [6.07, 6.45) is 1.74. The van der Waals surface area contributed by atoms with Crippen molar-refractivity contribution in [1.82, 2.24) is 4.90 Å². The Morgan fingerprint density at radius 3 is 2.48 bits per heavy atom. The third-order valence-corrected chi connectivity index (χ3v) is 3.58. The van der Waals surface area contributed by atoms with Crippen LogP contribution in [0.15, 0.2) is 42.5 Å². The van der Waals surface area contributed by atoms with Gasteiger partial charge in [0, 0.05) is 11.1 Å². The summed E-state index contributed by atoms with van der Waals surface area (Å²) in [7, 11) is 4.01. The molecule has 0 aliphatic heterocycles. The lowest BCUT2D eigenvalue weighted by atomic mass is 10.1. The van der Waals surface area contributed by atoms with Crippen LogP contribution in [0, 0.1) is 10.1 Å². The van der Waals surface area contributed by atoms with Gasteiger partial charge < -0.3 is 9.64 Å². The van der Waals surface area contributed by atoms with Gasteiger partial charge in [0.2, 0.25) is 5.75 Å². The molecule has 23 heavy (non-hydrogen) atoms. The first-order valence-corrected chi connectivity index (χ1v) is 7.69. The maximum Gasteiger partial charge on any atom is 0.311 e. The second kappa shape index (κ2) is 7.94. The van der Waals surface area contributed by atoms with Crippen molar-refractivity contribution in [2.75, 3.05) is 20.6 Å². The molecule has 0 saturated heterocycles. The molecule has 0 bridgehead atoms. The third kappa shape index (κ3) is 5.23. The molecule has 0 N–H and O–H groups in total. The first-order valence-electron chi connectivity index (χ1n) is 7.31. The average Bonchev–Trinajstić information content (AvgIpc) is 2.50. The van der Waals surface area contributed by atoms with E-state index in [1.54, 1.807) is 36.4 Å². The van der Waals surface area contributed by atoms with Gasteiger partial charge >= 0.3 is 5.69 Å². The van der Waals surface area contributed by atoms with Crippen LogP contribution in [0.2, 0.25) is 5.02 Å². The van der Waals surface area contributed by atoms with Gasteiger partial charge in [0.25, 0.3) is 0 Å². The summed E-state index contributed by atoms with van der Waals surface area (Å²) in [5.74, 6) is 0.742. The molecule has 0 aliphatic carbocycles. The highest BCUT2D eigenvalue weighted by Gasteiger charge is 2.16. The summed E-state index contributed by atoms with van der Waals surface area (Å²) in [5.41, 5.74) is 0.907. The minimum Gasteiger partial charge on any atom is -0.450 e. The van der Waals surface area contributed by atoms with E-state index < -0.39 is 4.92 Å². The SMILES string of the molecule is CN(C)CCCc1ccc(Oc2ccc(Cl)cc2)c([N+](=O)[O-])c1. The van der Waals surface area contributed by atoms with Crippen LogP contribution < -0.4 is 4.74 Å². The minimum absolute atomic E-state index is 0.0256. The number of aryl methyl sites for hydroxylation is 1. The summed E-state index contributed by atoms with van der Waals surface area (Å²) in [6, 6.07) is 11.8. The van der Waals surface area contributed by atoms with E-state index in [0.29, 0.717) is 10.8 Å². The number of ether oxygens (including phenoxy) is 1. The molecule has 0 saturated carbocycles. The molecular weight excluding hydrogens is 316 g/mol. The second-order valence-electron chi connectivity index (χ2n) is 5.52. The summed E-state index contributed by atoms with van der Waals surface area (Å²) in [6.45, 7) is 0.941. The van der Waals surface area contributed by atoms with Crippen molar-refractivity contribution >= 4 is 17.3 Å². The highest BCUT2D eigenvalue weighted by molar-refractivity contribution is 6.30. The van der Waals surface area contributed by atoms with E-state index in [4.69, 9.17) is 16.3 Å². The van der Waals surface area contributed by atoms with Gasteiger partial charge in [-0.15, -0.1) is 0 Å². The van der Waals surface area contributed by atoms with E-state index in [1.165, 1.54) is 0 Å². The molecule has 122 valence electrons. The summed E-state index contributed by atoms with van der Waals surface area (Å²) >= 11 is 5.82. The van der Waals surface area contributed by atoms with E-state index in [9.17, 15) is 10.1 Å². The quantitative estimate of drug-likeness (QED) is 0.551. The van der Waals surface area contributed by atoms with E-state index in [-0.39, 0.29) is 11.4 Å². The predicted octanol–water partition coefficient (Wildman–Crippen LogP) is 4.53. The van der Waals surface area contributed by atoms with Crippen LogP contribution in [0.3, 0.4) is 0 Å². The van der Waals surface area contributed by atoms with Crippen molar-refractivity contribution in [1.29, 1.82) is 0 Å². The number of hydrogen-bond donors (Lipinski definition) is 0. The Bertz CT molecular complexity index is 672. The van der Waals surface area contributed by atoms with Crippen LogP contribution in [0.4, 0.5) is 5.69 Å². The van der Waals surface area contributed by atoms with E-state index in [0.717, 1.165) is 24.9 Å². The summed E-state index contributed by atoms with van der Waals surface area (Å²) in [4.78, 5) is 13.0. The van der Waals surface area contributed by atoms with Gasteiger partial charge in [-0.25, -0.2) is 0 Å². The molecule has 2 aromatic carbocycles. The maximum absolute atomic E-state index is 11.3. The Kier molecular flexibility index (Phi) is 5.96. The van der Waals surface area contributed by atoms with Crippen molar-refractivity contribution < 1.29 is 9.66 Å². The smallest absolute Gasteiger partial charge is 0.311 e. The van der Waals surface area contributed by atoms with E-state index in [1.807, 2.05) is 20.2 Å². The number of hydrogen-bond acceptors (Lipinski definition) is 4. The minimum atomic E-state index is -0.416. The number of halogens is 1.